The van der Waals surface area contributed by atoms with Gasteiger partial charge >= 0.3 is 6.01 Å². The summed E-state index contributed by atoms with van der Waals surface area (Å²) in [7, 11) is 0. The summed E-state index contributed by atoms with van der Waals surface area (Å²) < 4.78 is 5.28. The largest absolute Gasteiger partial charge is 0.424 e. The normalized spacial score (nSPS) is 9.79. The van der Waals surface area contributed by atoms with E-state index in [0.717, 1.165) is 0 Å². The van der Waals surface area contributed by atoms with Crippen LogP contribution in [0.5, 0.6) is 11.8 Å². The van der Waals surface area contributed by atoms with Crippen LogP contribution in [0.15, 0.2) is 30.3 Å². The van der Waals surface area contributed by atoms with Crippen LogP contribution in [0, 0.1) is 6.33 Å². The lowest BCUT2D eigenvalue weighted by Gasteiger charge is -2.01. The van der Waals surface area contributed by atoms with Crippen molar-refractivity contribution in [3.05, 3.63) is 41.9 Å². The van der Waals surface area contributed by atoms with E-state index in [1.807, 2.05) is 18.2 Å². The summed E-state index contributed by atoms with van der Waals surface area (Å²) >= 11 is 5.54. The highest BCUT2D eigenvalue weighted by molar-refractivity contribution is 6.28. The van der Waals surface area contributed by atoms with Gasteiger partial charge < -0.3 is 4.74 Å². The lowest BCUT2D eigenvalue weighted by atomic mass is 10.3. The van der Waals surface area contributed by atoms with Crippen molar-refractivity contribution in [3.8, 4) is 11.8 Å². The van der Waals surface area contributed by atoms with E-state index in [2.05, 4.69) is 21.3 Å². The summed E-state index contributed by atoms with van der Waals surface area (Å²) in [5.41, 5.74) is 0. The summed E-state index contributed by atoms with van der Waals surface area (Å²) in [6.07, 6.45) is 2.33. The molecule has 69 valence electrons. The third kappa shape index (κ3) is 2.17. The van der Waals surface area contributed by atoms with E-state index in [0.29, 0.717) is 5.75 Å². The van der Waals surface area contributed by atoms with Crippen LogP contribution in [0.25, 0.3) is 0 Å². The minimum atomic E-state index is 0.0610. The van der Waals surface area contributed by atoms with Gasteiger partial charge in [-0.05, 0) is 23.7 Å². The van der Waals surface area contributed by atoms with Crippen LogP contribution < -0.4 is 4.74 Å². The topological polar surface area (TPSA) is 47.9 Å². The Morgan fingerprint density at radius 2 is 1.93 bits per heavy atom. The minimum Gasteiger partial charge on any atom is -0.424 e. The van der Waals surface area contributed by atoms with Crippen molar-refractivity contribution < 1.29 is 4.74 Å². The fraction of sp³-hybridized carbons (Fsp3) is 0. The Morgan fingerprint density at radius 3 is 2.64 bits per heavy atom. The van der Waals surface area contributed by atoms with Crippen molar-refractivity contribution in [2.75, 3.05) is 0 Å². The Labute approximate surface area is 85.6 Å². The molecular weight excluding hydrogens is 202 g/mol. The molecule has 0 saturated carbocycles. The molecule has 1 aromatic heterocycles. The average Bonchev–Trinajstić information content (AvgIpc) is 2.19. The number of nitrogens with zero attached hydrogens (tertiary/aromatic N) is 3. The van der Waals surface area contributed by atoms with Crippen molar-refractivity contribution in [2.24, 2.45) is 0 Å². The molecule has 5 heteroatoms. The zero-order valence-corrected chi connectivity index (χ0v) is 7.77. The number of benzene rings is 1. The second-order valence-electron chi connectivity index (χ2n) is 2.40. The third-order valence-electron chi connectivity index (χ3n) is 1.43. The Balaban J connectivity index is 2.19. The van der Waals surface area contributed by atoms with Gasteiger partial charge in [0.15, 0.2) is 0 Å². The molecule has 0 N–H and O–H groups in total. The van der Waals surface area contributed by atoms with Crippen molar-refractivity contribution in [1.82, 2.24) is 15.0 Å². The highest BCUT2D eigenvalue weighted by Crippen LogP contribution is 2.16. The first-order valence-electron chi connectivity index (χ1n) is 3.85. The molecule has 0 fully saturated rings. The number of ether oxygens (including phenoxy) is 1. The van der Waals surface area contributed by atoms with Crippen LogP contribution in [0.4, 0.5) is 0 Å². The first-order chi connectivity index (χ1) is 6.84. The number of rotatable bonds is 2. The van der Waals surface area contributed by atoms with E-state index in [1.165, 1.54) is 0 Å². The fourth-order valence-electron chi connectivity index (χ4n) is 0.878. The van der Waals surface area contributed by atoms with Crippen molar-refractivity contribution in [3.63, 3.8) is 0 Å². The van der Waals surface area contributed by atoms with Gasteiger partial charge in [0, 0.05) is 0 Å². The molecule has 0 aliphatic heterocycles. The van der Waals surface area contributed by atoms with Crippen LogP contribution in [0.2, 0.25) is 5.28 Å². The molecule has 0 amide bonds. The van der Waals surface area contributed by atoms with E-state index >= 15 is 0 Å². The number of para-hydroxylation sites is 1. The van der Waals surface area contributed by atoms with E-state index in [-0.39, 0.29) is 11.3 Å². The smallest absolute Gasteiger partial charge is 0.326 e. The van der Waals surface area contributed by atoms with Crippen molar-refractivity contribution in [2.45, 2.75) is 0 Å². The van der Waals surface area contributed by atoms with E-state index in [1.54, 1.807) is 12.1 Å². The zero-order chi connectivity index (χ0) is 9.80. The molecular formula is C9H5ClN3O. The van der Waals surface area contributed by atoms with Gasteiger partial charge in [-0.1, -0.05) is 18.2 Å². The highest BCUT2D eigenvalue weighted by atomic mass is 35.5. The molecule has 4 nitrogen and oxygen atoms in total. The molecule has 0 saturated heterocycles. The first-order valence-corrected chi connectivity index (χ1v) is 4.23. The maximum atomic E-state index is 5.54. The summed E-state index contributed by atoms with van der Waals surface area (Å²) in [5.74, 6) is 0.642. The summed E-state index contributed by atoms with van der Waals surface area (Å²) in [4.78, 5) is 11.0. The second kappa shape index (κ2) is 4.02. The maximum absolute atomic E-state index is 5.54. The lowest BCUT2D eigenvalue weighted by molar-refractivity contribution is 0.439. The van der Waals surface area contributed by atoms with Crippen LogP contribution >= 0.6 is 11.6 Å². The van der Waals surface area contributed by atoms with Gasteiger partial charge in [0.05, 0.1) is 0 Å². The van der Waals surface area contributed by atoms with Crippen molar-refractivity contribution in [1.29, 1.82) is 0 Å². The molecule has 1 radical (unpaired) electrons. The van der Waals surface area contributed by atoms with Gasteiger partial charge in [0.25, 0.3) is 0 Å². The molecule has 0 aliphatic carbocycles. The van der Waals surface area contributed by atoms with Crippen LogP contribution in [-0.4, -0.2) is 15.0 Å². The van der Waals surface area contributed by atoms with Crippen molar-refractivity contribution >= 4 is 11.6 Å². The van der Waals surface area contributed by atoms with E-state index < -0.39 is 0 Å². The Hall–Kier alpha value is -1.68. The predicted molar refractivity (Wildman–Crippen MR) is 50.2 cm³/mol. The first kappa shape index (κ1) is 8.90. The van der Waals surface area contributed by atoms with E-state index in [4.69, 9.17) is 16.3 Å². The fourth-order valence-corrected chi connectivity index (χ4v) is 0.988. The average molecular weight is 207 g/mol. The molecule has 2 rings (SSSR count). The van der Waals surface area contributed by atoms with Gasteiger partial charge in [-0.15, -0.1) is 0 Å². The molecule has 0 atom stereocenters. The third-order valence-corrected chi connectivity index (χ3v) is 1.60. The molecule has 0 spiro atoms. The molecule has 0 bridgehead atoms. The molecule has 14 heavy (non-hydrogen) atoms. The molecule has 1 aromatic carbocycles. The Bertz CT molecular complexity index is 421. The summed E-state index contributed by atoms with van der Waals surface area (Å²) in [5, 5.41) is 0.0610. The predicted octanol–water partition coefficient (Wildman–Crippen LogP) is 2.12. The van der Waals surface area contributed by atoms with Gasteiger partial charge in [0.2, 0.25) is 11.6 Å². The molecule has 2 aromatic rings. The number of hydrogen-bond donors (Lipinski definition) is 0. The molecule has 1 heterocycles. The lowest BCUT2D eigenvalue weighted by Crippen LogP contribution is -1.93. The highest BCUT2D eigenvalue weighted by Gasteiger charge is 2.00. The van der Waals surface area contributed by atoms with Gasteiger partial charge in [-0.25, -0.2) is 0 Å². The Morgan fingerprint density at radius 1 is 1.14 bits per heavy atom. The number of halogens is 1. The standard InChI is InChI=1S/C9H5ClN3O/c10-8-11-6-12-9(13-8)14-7-4-2-1-3-5-7/h1-5H. The number of aromatic nitrogens is 3. The summed E-state index contributed by atoms with van der Waals surface area (Å²) in [6.45, 7) is 0. The van der Waals surface area contributed by atoms with Gasteiger partial charge in [-0.3, -0.25) is 0 Å². The Kier molecular flexibility index (Phi) is 2.55. The van der Waals surface area contributed by atoms with Crippen LogP contribution in [0.3, 0.4) is 0 Å². The second-order valence-corrected chi connectivity index (χ2v) is 2.74. The van der Waals surface area contributed by atoms with Gasteiger partial charge in [-0.2, -0.15) is 15.0 Å². The quantitative estimate of drug-likeness (QED) is 0.755. The molecule has 0 unspecified atom stereocenters. The van der Waals surface area contributed by atoms with E-state index in [9.17, 15) is 0 Å². The summed E-state index contributed by atoms with van der Waals surface area (Å²) in [6, 6.07) is 9.30. The minimum absolute atomic E-state index is 0.0610. The zero-order valence-electron chi connectivity index (χ0n) is 7.01. The van der Waals surface area contributed by atoms with Crippen LogP contribution in [0.1, 0.15) is 0 Å². The monoisotopic (exact) mass is 206 g/mol. The number of hydrogen-bond acceptors (Lipinski definition) is 4. The van der Waals surface area contributed by atoms with Crippen LogP contribution in [-0.2, 0) is 0 Å². The molecule has 0 aliphatic rings. The SMILES string of the molecule is Clc1n[c]nc(Oc2ccccc2)n1. The maximum Gasteiger partial charge on any atom is 0.326 e. The van der Waals surface area contributed by atoms with Gasteiger partial charge in [0.1, 0.15) is 5.75 Å².